The molecule has 0 atom stereocenters. The lowest BCUT2D eigenvalue weighted by Crippen LogP contribution is -2.40. The summed E-state index contributed by atoms with van der Waals surface area (Å²) in [5.41, 5.74) is 4.92. The average molecular weight is 582 g/mol. The van der Waals surface area contributed by atoms with Crippen molar-refractivity contribution >= 4 is 20.0 Å². The zero-order valence-electron chi connectivity index (χ0n) is 24.0. The fourth-order valence-electron chi connectivity index (χ4n) is 4.65. The molecule has 1 aromatic heterocycles. The van der Waals surface area contributed by atoms with Crippen molar-refractivity contribution < 1.29 is 16.8 Å². The third-order valence-electron chi connectivity index (χ3n) is 7.15. The molecule has 0 saturated carbocycles. The van der Waals surface area contributed by atoms with E-state index in [-0.39, 0.29) is 41.4 Å². The van der Waals surface area contributed by atoms with Crippen molar-refractivity contribution in [1.29, 1.82) is 0 Å². The standard InChI is InChI=1S/C31H39N3O4S2/c1-23-7-11-29(12-8-23)39(35,36)33-17-15-27-19-26(31(4,5)6)20-28(32-27)16-18-34(22-25(3)21-33)40(37,38)30-13-9-24(2)10-14-30/h7-14,19-20H,3,15-18,21-22H2,1-2,4-6H3. The van der Waals surface area contributed by atoms with Gasteiger partial charge in [-0.2, -0.15) is 8.61 Å². The van der Waals surface area contributed by atoms with E-state index in [9.17, 15) is 16.8 Å². The van der Waals surface area contributed by atoms with Gasteiger partial charge in [-0.3, -0.25) is 4.98 Å². The van der Waals surface area contributed by atoms with Gasteiger partial charge in [0, 0.05) is 50.4 Å². The van der Waals surface area contributed by atoms with Crippen LogP contribution in [0.1, 0.15) is 48.8 Å². The van der Waals surface area contributed by atoms with Crippen LogP contribution in [0.4, 0.5) is 0 Å². The largest absolute Gasteiger partial charge is 0.258 e. The first-order valence-electron chi connectivity index (χ1n) is 13.5. The second-order valence-electron chi connectivity index (χ2n) is 11.6. The van der Waals surface area contributed by atoms with Crippen LogP contribution in [0.3, 0.4) is 0 Å². The first-order chi connectivity index (χ1) is 18.7. The minimum atomic E-state index is -3.87. The Hall–Kier alpha value is -2.85. The minimum absolute atomic E-state index is 0.00193. The molecule has 0 N–H and O–H groups in total. The first-order valence-corrected chi connectivity index (χ1v) is 16.3. The van der Waals surface area contributed by atoms with Crippen LogP contribution in [0.2, 0.25) is 0 Å². The van der Waals surface area contributed by atoms with Crippen molar-refractivity contribution in [3.8, 4) is 0 Å². The van der Waals surface area contributed by atoms with Crippen molar-refractivity contribution in [3.05, 3.63) is 101 Å². The number of hydrogen-bond acceptors (Lipinski definition) is 5. The van der Waals surface area contributed by atoms with Crippen LogP contribution in [0.5, 0.6) is 0 Å². The lowest BCUT2D eigenvalue weighted by molar-refractivity contribution is 0.401. The number of aryl methyl sites for hydroxylation is 2. The van der Waals surface area contributed by atoms with Gasteiger partial charge in [-0.15, -0.1) is 0 Å². The average Bonchev–Trinajstić information content (AvgIpc) is 2.88. The van der Waals surface area contributed by atoms with Gasteiger partial charge in [0.15, 0.2) is 0 Å². The summed E-state index contributed by atoms with van der Waals surface area (Å²) in [6, 6.07) is 17.6. The number of benzene rings is 2. The van der Waals surface area contributed by atoms with Gasteiger partial charge in [0.25, 0.3) is 0 Å². The number of fused-ring (bicyclic) bond motifs is 2. The van der Waals surface area contributed by atoms with Crippen molar-refractivity contribution in [1.82, 2.24) is 13.6 Å². The smallest absolute Gasteiger partial charge is 0.243 e. The van der Waals surface area contributed by atoms with Gasteiger partial charge < -0.3 is 0 Å². The highest BCUT2D eigenvalue weighted by Crippen LogP contribution is 2.26. The highest BCUT2D eigenvalue weighted by Gasteiger charge is 2.30. The first kappa shape index (κ1) is 30.1. The molecule has 1 aliphatic heterocycles. The quantitative estimate of drug-likeness (QED) is 0.403. The van der Waals surface area contributed by atoms with E-state index < -0.39 is 20.0 Å². The molecule has 0 unspecified atom stereocenters. The fraction of sp³-hybridized carbons (Fsp3) is 0.387. The number of rotatable bonds is 4. The maximum absolute atomic E-state index is 13.8. The van der Waals surface area contributed by atoms with E-state index in [0.29, 0.717) is 18.4 Å². The van der Waals surface area contributed by atoms with Crippen LogP contribution in [0.15, 0.2) is 82.6 Å². The molecular formula is C31H39N3O4S2. The molecule has 0 aliphatic carbocycles. The highest BCUT2D eigenvalue weighted by molar-refractivity contribution is 7.89. The molecule has 2 aromatic carbocycles. The molecule has 0 radical (unpaired) electrons. The molecule has 0 amide bonds. The molecule has 9 heteroatoms. The summed E-state index contributed by atoms with van der Waals surface area (Å²) in [7, 11) is -7.73. The number of pyridine rings is 1. The lowest BCUT2D eigenvalue weighted by Gasteiger charge is -2.28. The third kappa shape index (κ3) is 6.89. The van der Waals surface area contributed by atoms with E-state index in [1.54, 1.807) is 48.5 Å². The number of hydrogen-bond donors (Lipinski definition) is 0. The molecule has 3 aromatic rings. The Morgan fingerprint density at radius 3 is 1.43 bits per heavy atom. The summed E-state index contributed by atoms with van der Waals surface area (Å²) >= 11 is 0. The van der Waals surface area contributed by atoms with Crippen molar-refractivity contribution in [2.24, 2.45) is 0 Å². The van der Waals surface area contributed by atoms with Crippen molar-refractivity contribution in [2.75, 3.05) is 26.2 Å². The molecule has 1 aliphatic rings. The zero-order chi connectivity index (χ0) is 29.3. The van der Waals surface area contributed by atoms with Gasteiger partial charge >= 0.3 is 0 Å². The molecule has 0 saturated heterocycles. The molecule has 2 bridgehead atoms. The molecule has 214 valence electrons. The van der Waals surface area contributed by atoms with E-state index >= 15 is 0 Å². The van der Waals surface area contributed by atoms with Crippen LogP contribution in [0.25, 0.3) is 0 Å². The predicted molar refractivity (Wildman–Crippen MR) is 159 cm³/mol. The molecular weight excluding hydrogens is 542 g/mol. The Morgan fingerprint density at radius 2 is 1.07 bits per heavy atom. The van der Waals surface area contributed by atoms with Crippen LogP contribution < -0.4 is 0 Å². The second kappa shape index (κ2) is 11.6. The van der Waals surface area contributed by atoms with Crippen LogP contribution in [-0.4, -0.2) is 56.6 Å². The SMILES string of the molecule is C=C1CN(S(=O)(=O)c2ccc(C)cc2)CCc2cc(C(C)(C)C)cc(n2)CCN(S(=O)(=O)c2ccc(C)cc2)C1. The van der Waals surface area contributed by atoms with Crippen LogP contribution in [-0.2, 0) is 38.3 Å². The Labute approximate surface area is 239 Å². The van der Waals surface area contributed by atoms with Gasteiger partial charge in [-0.1, -0.05) is 62.7 Å². The maximum Gasteiger partial charge on any atom is 0.243 e. The van der Waals surface area contributed by atoms with Gasteiger partial charge in [-0.25, -0.2) is 16.8 Å². The van der Waals surface area contributed by atoms with Crippen LogP contribution >= 0.6 is 0 Å². The Kier molecular flexibility index (Phi) is 8.71. The molecule has 2 heterocycles. The zero-order valence-corrected chi connectivity index (χ0v) is 25.6. The van der Waals surface area contributed by atoms with Gasteiger partial charge in [0.05, 0.1) is 9.79 Å². The Bertz CT molecular complexity index is 1480. The van der Waals surface area contributed by atoms with Gasteiger partial charge in [0.2, 0.25) is 20.0 Å². The summed E-state index contributed by atoms with van der Waals surface area (Å²) < 4.78 is 57.9. The summed E-state index contributed by atoms with van der Waals surface area (Å²) in [5.74, 6) is 0. The molecule has 0 fully saturated rings. The predicted octanol–water partition coefficient (Wildman–Crippen LogP) is 5.03. The number of aromatic nitrogens is 1. The van der Waals surface area contributed by atoms with E-state index in [1.165, 1.54) is 8.61 Å². The number of sulfonamides is 2. The molecule has 0 spiro atoms. The van der Waals surface area contributed by atoms with E-state index in [2.05, 4.69) is 27.4 Å². The monoisotopic (exact) mass is 581 g/mol. The topological polar surface area (TPSA) is 87.7 Å². The Balaban J connectivity index is 1.78. The normalized spacial score (nSPS) is 16.8. The third-order valence-corrected chi connectivity index (χ3v) is 10.9. The Morgan fingerprint density at radius 1 is 0.700 bits per heavy atom. The van der Waals surface area contributed by atoms with Gasteiger partial charge in [-0.05, 0) is 66.8 Å². The van der Waals surface area contributed by atoms with E-state index in [0.717, 1.165) is 28.1 Å². The van der Waals surface area contributed by atoms with E-state index in [4.69, 9.17) is 4.98 Å². The van der Waals surface area contributed by atoms with Crippen LogP contribution in [0, 0.1) is 13.8 Å². The molecule has 7 nitrogen and oxygen atoms in total. The summed E-state index contributed by atoms with van der Waals surface area (Å²) in [6.07, 6.45) is 0.862. The summed E-state index contributed by atoms with van der Waals surface area (Å²) in [4.78, 5) is 5.22. The maximum atomic E-state index is 13.8. The molecule has 4 rings (SSSR count). The minimum Gasteiger partial charge on any atom is -0.258 e. The van der Waals surface area contributed by atoms with Gasteiger partial charge in [0.1, 0.15) is 0 Å². The summed E-state index contributed by atoms with van der Waals surface area (Å²) in [6.45, 7) is 14.7. The summed E-state index contributed by atoms with van der Waals surface area (Å²) in [5, 5.41) is 0. The lowest BCUT2D eigenvalue weighted by atomic mass is 9.86. The van der Waals surface area contributed by atoms with E-state index in [1.807, 2.05) is 26.0 Å². The second-order valence-corrected chi connectivity index (χ2v) is 15.5. The highest BCUT2D eigenvalue weighted by atomic mass is 32.2. The van der Waals surface area contributed by atoms with Crippen molar-refractivity contribution in [3.63, 3.8) is 0 Å². The van der Waals surface area contributed by atoms with Crippen molar-refractivity contribution in [2.45, 2.75) is 62.7 Å². The molecule has 40 heavy (non-hydrogen) atoms. The number of nitrogens with zero attached hydrogens (tertiary/aromatic N) is 3. The fourth-order valence-corrected chi connectivity index (χ4v) is 7.58.